The third-order valence-corrected chi connectivity index (χ3v) is 7.39. The fourth-order valence-electron chi connectivity index (χ4n) is 5.14. The maximum atomic E-state index is 13.3. The van der Waals surface area contributed by atoms with E-state index in [0.717, 1.165) is 28.5 Å². The molecule has 0 fully saturated rings. The minimum Gasteiger partial charge on any atom is -0.497 e. The smallest absolute Gasteiger partial charge is 0.407 e. The topological polar surface area (TPSA) is 100 Å². The predicted octanol–water partition coefficient (Wildman–Crippen LogP) is 6.06. The number of carbonyl (C=O) groups excluding carboxylic acids is 1. The van der Waals surface area contributed by atoms with Gasteiger partial charge in [0.05, 0.1) is 26.0 Å². The molecule has 0 aromatic heterocycles. The van der Waals surface area contributed by atoms with Crippen molar-refractivity contribution in [2.75, 3.05) is 26.6 Å². The Balaban J connectivity index is 1.44. The number of methoxy groups -OCH3 is 1. The normalized spacial score (nSPS) is 13.0. The van der Waals surface area contributed by atoms with E-state index in [-0.39, 0.29) is 18.3 Å². The van der Waals surface area contributed by atoms with Crippen molar-refractivity contribution in [1.29, 1.82) is 0 Å². The molecule has 41 heavy (non-hydrogen) atoms. The second-order valence-corrected chi connectivity index (χ2v) is 11.2. The minimum atomic E-state index is -3.88. The van der Waals surface area contributed by atoms with Gasteiger partial charge in [0.25, 0.3) is 0 Å². The number of carbonyl (C=O) groups is 1. The Kier molecular flexibility index (Phi) is 8.16. The van der Waals surface area contributed by atoms with Crippen molar-refractivity contribution in [3.8, 4) is 28.4 Å². The van der Waals surface area contributed by atoms with Crippen molar-refractivity contribution in [2.45, 2.75) is 18.9 Å². The van der Waals surface area contributed by atoms with E-state index in [1.807, 2.05) is 31.2 Å². The summed E-state index contributed by atoms with van der Waals surface area (Å²) in [6.45, 7) is 2.53. The molecule has 1 N–H and O–H groups in total. The van der Waals surface area contributed by atoms with Crippen LogP contribution in [-0.4, -0.2) is 41.1 Å². The first-order valence-corrected chi connectivity index (χ1v) is 15.0. The lowest BCUT2D eigenvalue weighted by molar-refractivity contribution is 0.140. The van der Waals surface area contributed by atoms with E-state index in [1.54, 1.807) is 36.4 Å². The largest absolute Gasteiger partial charge is 0.497 e. The van der Waals surface area contributed by atoms with Crippen LogP contribution in [0.4, 0.5) is 4.79 Å². The fraction of sp³-hybridized carbons (Fsp3) is 0.219. The second-order valence-electron chi connectivity index (χ2n) is 9.60. The number of hydrogen-bond acceptors (Lipinski definition) is 7. The quantitative estimate of drug-likeness (QED) is 0.230. The highest BCUT2D eigenvalue weighted by atomic mass is 32.2. The summed E-state index contributed by atoms with van der Waals surface area (Å²) >= 11 is 0. The van der Waals surface area contributed by atoms with Crippen LogP contribution in [0, 0.1) is 0 Å². The number of alkyl carbamates (subject to hydrolysis) is 1. The van der Waals surface area contributed by atoms with Crippen LogP contribution in [0.1, 0.15) is 41.1 Å². The van der Waals surface area contributed by atoms with Gasteiger partial charge in [0.2, 0.25) is 0 Å². The van der Waals surface area contributed by atoms with E-state index in [9.17, 15) is 13.2 Å². The Labute approximate surface area is 240 Å². The number of rotatable bonds is 10. The van der Waals surface area contributed by atoms with Gasteiger partial charge < -0.3 is 23.7 Å². The molecule has 0 saturated carbocycles. The summed E-state index contributed by atoms with van der Waals surface area (Å²) in [6, 6.07) is 27.4. The number of benzene rings is 4. The van der Waals surface area contributed by atoms with Crippen molar-refractivity contribution >= 4 is 16.2 Å². The molecule has 8 nitrogen and oxygen atoms in total. The number of amides is 1. The average molecular weight is 574 g/mol. The highest BCUT2D eigenvalue weighted by Gasteiger charge is 2.30. The predicted molar refractivity (Wildman–Crippen MR) is 156 cm³/mol. The standard InChI is InChI=1S/C32H31NO7S/c1-4-38-22-15-13-21(14-16-22)31(28-18-17-23(37-2)19-30(28)40-41(3,35)36)33-32(34)39-20-29-26-11-7-5-9-24(26)25-10-6-8-12-27(25)29/h5-19,29,31H,4,20H2,1-3H3,(H,33,34). The number of fused-ring (bicyclic) bond motifs is 3. The summed E-state index contributed by atoms with van der Waals surface area (Å²) < 4.78 is 46.2. The lowest BCUT2D eigenvalue weighted by Crippen LogP contribution is -2.31. The second kappa shape index (κ2) is 11.9. The molecule has 0 heterocycles. The average Bonchev–Trinajstić information content (AvgIpc) is 3.28. The van der Waals surface area contributed by atoms with Crippen LogP contribution in [0.25, 0.3) is 11.1 Å². The van der Waals surface area contributed by atoms with Crippen LogP contribution < -0.4 is 19.0 Å². The SMILES string of the molecule is CCOc1ccc(C(NC(=O)OCC2c3ccccc3-c3ccccc32)c2ccc(OC)cc2OS(C)(=O)=O)cc1. The lowest BCUT2D eigenvalue weighted by Gasteiger charge is -2.23. The fourth-order valence-corrected chi connectivity index (χ4v) is 5.61. The third kappa shape index (κ3) is 6.30. The van der Waals surface area contributed by atoms with Crippen molar-refractivity contribution in [2.24, 2.45) is 0 Å². The van der Waals surface area contributed by atoms with Gasteiger partial charge in [-0.15, -0.1) is 0 Å². The Morgan fingerprint density at radius 1 is 0.878 bits per heavy atom. The molecule has 5 rings (SSSR count). The minimum absolute atomic E-state index is 0.0321. The van der Waals surface area contributed by atoms with Crippen molar-refractivity contribution in [3.05, 3.63) is 113 Å². The molecule has 9 heteroatoms. The summed E-state index contributed by atoms with van der Waals surface area (Å²) in [5, 5.41) is 2.92. The Bertz CT molecular complexity index is 1610. The van der Waals surface area contributed by atoms with Crippen LogP contribution in [0.3, 0.4) is 0 Å². The molecule has 1 amide bonds. The van der Waals surface area contributed by atoms with E-state index in [4.69, 9.17) is 18.4 Å². The zero-order chi connectivity index (χ0) is 29.0. The lowest BCUT2D eigenvalue weighted by atomic mass is 9.97. The van der Waals surface area contributed by atoms with E-state index in [2.05, 4.69) is 29.6 Å². The maximum absolute atomic E-state index is 13.3. The molecule has 1 aliphatic rings. The van der Waals surface area contributed by atoms with E-state index >= 15 is 0 Å². The van der Waals surface area contributed by atoms with Gasteiger partial charge in [-0.05, 0) is 59.0 Å². The van der Waals surface area contributed by atoms with E-state index < -0.39 is 22.3 Å². The highest BCUT2D eigenvalue weighted by Crippen LogP contribution is 2.44. The van der Waals surface area contributed by atoms with Gasteiger partial charge in [0, 0.05) is 17.5 Å². The molecule has 4 aromatic carbocycles. The van der Waals surface area contributed by atoms with E-state index in [0.29, 0.717) is 29.2 Å². The van der Waals surface area contributed by atoms with Gasteiger partial charge in [-0.1, -0.05) is 60.7 Å². The molecular formula is C32H31NO7S. The molecule has 0 radical (unpaired) electrons. The Morgan fingerprint density at radius 3 is 2.07 bits per heavy atom. The molecule has 4 aromatic rings. The van der Waals surface area contributed by atoms with Gasteiger partial charge >= 0.3 is 16.2 Å². The van der Waals surface area contributed by atoms with Crippen LogP contribution in [0.5, 0.6) is 17.2 Å². The summed E-state index contributed by atoms with van der Waals surface area (Å²) in [5.74, 6) is 0.990. The first-order valence-electron chi connectivity index (χ1n) is 13.2. The molecule has 0 bridgehead atoms. The summed E-state index contributed by atoms with van der Waals surface area (Å²) in [5.41, 5.74) is 5.54. The molecule has 1 atom stereocenters. The van der Waals surface area contributed by atoms with E-state index in [1.165, 1.54) is 13.2 Å². The van der Waals surface area contributed by atoms with Gasteiger partial charge in [0.1, 0.15) is 18.1 Å². The van der Waals surface area contributed by atoms with Crippen molar-refractivity contribution in [3.63, 3.8) is 0 Å². The third-order valence-electron chi connectivity index (χ3n) is 6.90. The van der Waals surface area contributed by atoms with Crippen LogP contribution in [-0.2, 0) is 14.9 Å². The molecular weight excluding hydrogens is 542 g/mol. The molecule has 212 valence electrons. The van der Waals surface area contributed by atoms with Crippen LogP contribution in [0.2, 0.25) is 0 Å². The summed E-state index contributed by atoms with van der Waals surface area (Å²) in [7, 11) is -2.41. The van der Waals surface area contributed by atoms with Gasteiger partial charge in [-0.3, -0.25) is 0 Å². The number of nitrogens with one attached hydrogen (secondary N) is 1. The molecule has 0 spiro atoms. The zero-order valence-corrected chi connectivity index (χ0v) is 23.8. The first-order chi connectivity index (χ1) is 19.8. The van der Waals surface area contributed by atoms with Crippen molar-refractivity contribution < 1.29 is 31.6 Å². The monoisotopic (exact) mass is 573 g/mol. The number of ether oxygens (including phenoxy) is 3. The van der Waals surface area contributed by atoms with Crippen LogP contribution >= 0.6 is 0 Å². The summed E-state index contributed by atoms with van der Waals surface area (Å²) in [4.78, 5) is 13.3. The molecule has 0 aliphatic heterocycles. The first kappa shape index (κ1) is 28.0. The maximum Gasteiger partial charge on any atom is 0.407 e. The highest BCUT2D eigenvalue weighted by molar-refractivity contribution is 7.86. The Morgan fingerprint density at radius 2 is 1.49 bits per heavy atom. The Hall–Kier alpha value is -4.50. The molecule has 1 aliphatic carbocycles. The van der Waals surface area contributed by atoms with Gasteiger partial charge in [-0.25, -0.2) is 4.79 Å². The van der Waals surface area contributed by atoms with Gasteiger partial charge in [-0.2, -0.15) is 8.42 Å². The molecule has 0 saturated heterocycles. The number of hydrogen-bond donors (Lipinski definition) is 1. The summed E-state index contributed by atoms with van der Waals surface area (Å²) in [6.07, 6.45) is 0.299. The van der Waals surface area contributed by atoms with Gasteiger partial charge in [0.15, 0.2) is 5.75 Å². The zero-order valence-electron chi connectivity index (χ0n) is 23.0. The van der Waals surface area contributed by atoms with Crippen LogP contribution in [0.15, 0.2) is 91.0 Å². The molecule has 1 unspecified atom stereocenters. The van der Waals surface area contributed by atoms with Crippen molar-refractivity contribution in [1.82, 2.24) is 5.32 Å².